The molecule has 3 heteroatoms. The van der Waals surface area contributed by atoms with E-state index in [-0.39, 0.29) is 0 Å². The van der Waals surface area contributed by atoms with Crippen LogP contribution in [0.15, 0.2) is 18.2 Å². The quantitative estimate of drug-likeness (QED) is 0.575. The van der Waals surface area contributed by atoms with Crippen LogP contribution in [0.25, 0.3) is 0 Å². The fourth-order valence-electron chi connectivity index (χ4n) is 1.01. The van der Waals surface area contributed by atoms with Gasteiger partial charge in [-0.05, 0) is 24.6 Å². The number of nitrogens with one attached hydrogen (secondary N) is 1. The average Bonchev–Trinajstić information content (AvgIpc) is 2.18. The number of rotatable bonds is 3. The molecule has 14 heavy (non-hydrogen) atoms. The second-order valence-corrected chi connectivity index (χ2v) is 2.78. The molecule has 0 saturated heterocycles. The van der Waals surface area contributed by atoms with E-state index in [1.54, 1.807) is 13.0 Å². The van der Waals surface area contributed by atoms with Gasteiger partial charge in [0.05, 0.1) is 6.54 Å². The first-order valence-electron chi connectivity index (χ1n) is 4.28. The predicted molar refractivity (Wildman–Crippen MR) is 51.5 cm³/mol. The lowest BCUT2D eigenvalue weighted by Gasteiger charge is -2.01. The van der Waals surface area contributed by atoms with E-state index in [1.165, 1.54) is 6.07 Å². The summed E-state index contributed by atoms with van der Waals surface area (Å²) in [6, 6.07) is 3.85. The van der Waals surface area contributed by atoms with Crippen LogP contribution in [0.1, 0.15) is 12.5 Å². The lowest BCUT2D eigenvalue weighted by Crippen LogP contribution is -2.13. The minimum Gasteiger partial charge on any atom is -0.302 e. The molecule has 0 atom stereocenters. The van der Waals surface area contributed by atoms with E-state index in [1.807, 2.05) is 0 Å². The smallest absolute Gasteiger partial charge is 0.159 e. The van der Waals surface area contributed by atoms with Crippen molar-refractivity contribution in [2.75, 3.05) is 6.54 Å². The van der Waals surface area contributed by atoms with E-state index in [2.05, 4.69) is 17.2 Å². The van der Waals surface area contributed by atoms with Crippen molar-refractivity contribution in [2.24, 2.45) is 0 Å². The second kappa shape index (κ2) is 5.36. The van der Waals surface area contributed by atoms with Crippen molar-refractivity contribution in [1.29, 1.82) is 0 Å². The summed E-state index contributed by atoms with van der Waals surface area (Å²) in [6.45, 7) is 2.79. The average molecular weight is 195 g/mol. The molecule has 0 fully saturated rings. The first kappa shape index (κ1) is 10.7. The van der Waals surface area contributed by atoms with Crippen LogP contribution in [0.3, 0.4) is 0 Å². The number of benzene rings is 1. The topological polar surface area (TPSA) is 12.0 Å². The van der Waals surface area contributed by atoms with Crippen molar-refractivity contribution in [2.45, 2.75) is 13.5 Å². The zero-order chi connectivity index (χ0) is 10.4. The molecule has 0 aliphatic carbocycles. The summed E-state index contributed by atoms with van der Waals surface area (Å²) >= 11 is 0. The van der Waals surface area contributed by atoms with E-state index in [0.29, 0.717) is 18.7 Å². The molecule has 74 valence electrons. The molecule has 0 aliphatic heterocycles. The third-order valence-electron chi connectivity index (χ3n) is 1.70. The molecular weight excluding hydrogens is 184 g/mol. The van der Waals surface area contributed by atoms with Crippen molar-refractivity contribution in [1.82, 2.24) is 5.32 Å². The molecule has 0 radical (unpaired) electrons. The summed E-state index contributed by atoms with van der Waals surface area (Å²) in [7, 11) is 0. The Labute approximate surface area is 82.1 Å². The molecule has 0 bridgehead atoms. The Kier molecular flexibility index (Phi) is 4.09. The van der Waals surface area contributed by atoms with E-state index in [4.69, 9.17) is 0 Å². The fraction of sp³-hybridized carbons (Fsp3) is 0.273. The van der Waals surface area contributed by atoms with E-state index >= 15 is 0 Å². The Morgan fingerprint density at radius 2 is 2.07 bits per heavy atom. The molecule has 1 aromatic rings. The highest BCUT2D eigenvalue weighted by atomic mass is 19.2. The zero-order valence-electron chi connectivity index (χ0n) is 7.90. The van der Waals surface area contributed by atoms with Crippen LogP contribution < -0.4 is 5.32 Å². The number of hydrogen-bond donors (Lipinski definition) is 1. The molecule has 1 nitrogen and oxygen atoms in total. The van der Waals surface area contributed by atoms with Crippen molar-refractivity contribution in [3.8, 4) is 11.8 Å². The molecule has 0 unspecified atom stereocenters. The van der Waals surface area contributed by atoms with E-state index in [0.717, 1.165) is 6.07 Å². The van der Waals surface area contributed by atoms with Crippen LogP contribution in [0, 0.1) is 23.5 Å². The van der Waals surface area contributed by atoms with Crippen LogP contribution in [0.2, 0.25) is 0 Å². The first-order valence-corrected chi connectivity index (χ1v) is 4.28. The van der Waals surface area contributed by atoms with Gasteiger partial charge in [0.2, 0.25) is 0 Å². The van der Waals surface area contributed by atoms with Gasteiger partial charge in [0.1, 0.15) is 0 Å². The molecule has 0 amide bonds. The lowest BCUT2D eigenvalue weighted by molar-refractivity contribution is 0.506. The van der Waals surface area contributed by atoms with Crippen LogP contribution in [0.5, 0.6) is 0 Å². The number of hydrogen-bond acceptors (Lipinski definition) is 1. The fourth-order valence-corrected chi connectivity index (χ4v) is 1.01. The second-order valence-electron chi connectivity index (χ2n) is 2.78. The first-order chi connectivity index (χ1) is 6.74. The Morgan fingerprint density at radius 1 is 1.29 bits per heavy atom. The molecular formula is C11H11F2N. The highest BCUT2D eigenvalue weighted by Crippen LogP contribution is 2.07. The minimum absolute atomic E-state index is 0.492. The molecule has 1 N–H and O–H groups in total. The van der Waals surface area contributed by atoms with Crippen molar-refractivity contribution in [3.63, 3.8) is 0 Å². The van der Waals surface area contributed by atoms with Gasteiger partial charge >= 0.3 is 0 Å². The largest absolute Gasteiger partial charge is 0.302 e. The van der Waals surface area contributed by atoms with Crippen LogP contribution in [-0.4, -0.2) is 6.54 Å². The molecule has 0 spiro atoms. The van der Waals surface area contributed by atoms with Gasteiger partial charge in [0.15, 0.2) is 11.6 Å². The Hall–Kier alpha value is -1.40. The highest BCUT2D eigenvalue weighted by Gasteiger charge is 2.01. The molecule has 0 heterocycles. The zero-order valence-corrected chi connectivity index (χ0v) is 7.90. The standard InChI is InChI=1S/C11H11F2N/c1-2-3-6-14-8-9-4-5-10(12)11(13)7-9/h4-5,7,14H,6,8H2,1H3. The maximum absolute atomic E-state index is 12.7. The van der Waals surface area contributed by atoms with Crippen LogP contribution in [0.4, 0.5) is 8.78 Å². The van der Waals surface area contributed by atoms with Gasteiger partial charge in [-0.2, -0.15) is 0 Å². The summed E-state index contributed by atoms with van der Waals surface area (Å²) in [6.07, 6.45) is 0. The monoisotopic (exact) mass is 195 g/mol. The SMILES string of the molecule is CC#CCNCc1ccc(F)c(F)c1. The van der Waals surface area contributed by atoms with Gasteiger partial charge in [-0.15, -0.1) is 5.92 Å². The van der Waals surface area contributed by atoms with E-state index in [9.17, 15) is 8.78 Å². The maximum atomic E-state index is 12.7. The summed E-state index contributed by atoms with van der Waals surface area (Å²) in [5.74, 6) is 3.91. The molecule has 1 aromatic carbocycles. The third-order valence-corrected chi connectivity index (χ3v) is 1.70. The summed E-state index contributed by atoms with van der Waals surface area (Å²) in [5, 5.41) is 2.99. The van der Waals surface area contributed by atoms with Gasteiger partial charge in [-0.3, -0.25) is 0 Å². The predicted octanol–water partition coefficient (Wildman–Crippen LogP) is 2.08. The van der Waals surface area contributed by atoms with Gasteiger partial charge in [0.25, 0.3) is 0 Å². The molecule has 1 rings (SSSR count). The van der Waals surface area contributed by atoms with E-state index < -0.39 is 11.6 Å². The van der Waals surface area contributed by atoms with Crippen LogP contribution in [-0.2, 0) is 6.54 Å². The summed E-state index contributed by atoms with van der Waals surface area (Å²) in [4.78, 5) is 0. The third kappa shape index (κ3) is 3.15. The maximum Gasteiger partial charge on any atom is 0.159 e. The number of halogens is 2. The minimum atomic E-state index is -0.818. The molecule has 0 saturated carbocycles. The Bertz CT molecular complexity index is 363. The van der Waals surface area contributed by atoms with Crippen molar-refractivity contribution in [3.05, 3.63) is 35.4 Å². The Balaban J connectivity index is 2.50. The lowest BCUT2D eigenvalue weighted by atomic mass is 10.2. The molecule has 0 aliphatic rings. The summed E-state index contributed by atoms with van der Waals surface area (Å²) < 4.78 is 25.2. The van der Waals surface area contributed by atoms with Gasteiger partial charge in [0, 0.05) is 6.54 Å². The van der Waals surface area contributed by atoms with Gasteiger partial charge < -0.3 is 5.32 Å². The highest BCUT2D eigenvalue weighted by molar-refractivity contribution is 5.17. The van der Waals surface area contributed by atoms with Crippen molar-refractivity contribution >= 4 is 0 Å². The van der Waals surface area contributed by atoms with Gasteiger partial charge in [-0.1, -0.05) is 12.0 Å². The Morgan fingerprint density at radius 3 is 2.71 bits per heavy atom. The van der Waals surface area contributed by atoms with Crippen LogP contribution >= 0.6 is 0 Å². The van der Waals surface area contributed by atoms with Crippen molar-refractivity contribution < 1.29 is 8.78 Å². The molecule has 0 aromatic heterocycles. The summed E-state index contributed by atoms with van der Waals surface area (Å²) in [5.41, 5.74) is 0.710. The normalized spacial score (nSPS) is 9.36. The van der Waals surface area contributed by atoms with Gasteiger partial charge in [-0.25, -0.2) is 8.78 Å².